The molecule has 0 saturated heterocycles. The Kier molecular flexibility index (Phi) is 4.29. The fourth-order valence-electron chi connectivity index (χ4n) is 1.31. The van der Waals surface area contributed by atoms with Gasteiger partial charge in [-0.15, -0.1) is 0 Å². The van der Waals surface area contributed by atoms with Gasteiger partial charge in [0.1, 0.15) is 5.75 Å². The molecule has 1 aromatic carbocycles. The normalized spacial score (nSPS) is 10.3. The van der Waals surface area contributed by atoms with E-state index in [0.717, 1.165) is 4.47 Å². The first kappa shape index (κ1) is 14.1. The summed E-state index contributed by atoms with van der Waals surface area (Å²) in [5.41, 5.74) is -0.0854. The minimum absolute atomic E-state index is 0.0418. The molecule has 0 bridgehead atoms. The highest BCUT2D eigenvalue weighted by molar-refractivity contribution is 9.10. The van der Waals surface area contributed by atoms with Crippen LogP contribution < -0.4 is 4.74 Å². The van der Waals surface area contributed by atoms with Crippen LogP contribution in [0.2, 0.25) is 10.0 Å². The number of carbonyl (C=O) groups is 1. The maximum absolute atomic E-state index is 10.9. The second-order valence-corrected chi connectivity index (χ2v) is 5.21. The van der Waals surface area contributed by atoms with E-state index >= 15 is 0 Å². The molecule has 0 aliphatic rings. The average Bonchev–Trinajstić information content (AvgIpc) is 2.36. The lowest BCUT2D eigenvalue weighted by molar-refractivity contribution is 0.0696. The van der Waals surface area contributed by atoms with Crippen molar-refractivity contribution < 1.29 is 14.6 Å². The second kappa shape index (κ2) is 5.77. The first-order valence-corrected chi connectivity index (χ1v) is 6.54. The van der Waals surface area contributed by atoms with E-state index in [2.05, 4.69) is 20.9 Å². The third-order valence-electron chi connectivity index (χ3n) is 2.17. The zero-order valence-electron chi connectivity index (χ0n) is 9.23. The molecule has 1 heterocycles. The number of ether oxygens (including phenoxy) is 1. The van der Waals surface area contributed by atoms with E-state index in [1.54, 1.807) is 18.2 Å². The minimum atomic E-state index is -1.16. The molecule has 1 aromatic heterocycles. The van der Waals surface area contributed by atoms with E-state index in [-0.39, 0.29) is 16.5 Å². The number of pyridine rings is 1. The number of benzene rings is 1. The Morgan fingerprint density at radius 1 is 1.26 bits per heavy atom. The van der Waals surface area contributed by atoms with Gasteiger partial charge in [0, 0.05) is 10.5 Å². The number of aromatic carboxylic acids is 1. The number of aromatic nitrogens is 1. The summed E-state index contributed by atoms with van der Waals surface area (Å²) in [7, 11) is 0. The summed E-state index contributed by atoms with van der Waals surface area (Å²) in [6.45, 7) is 0. The maximum Gasteiger partial charge on any atom is 0.337 e. The number of halogens is 3. The van der Waals surface area contributed by atoms with E-state index in [0.29, 0.717) is 10.8 Å². The Bertz CT molecular complexity index is 649. The molecule has 0 radical (unpaired) electrons. The van der Waals surface area contributed by atoms with Crippen LogP contribution in [-0.2, 0) is 0 Å². The highest BCUT2D eigenvalue weighted by atomic mass is 79.9. The molecule has 0 unspecified atom stereocenters. The predicted molar refractivity (Wildman–Crippen MR) is 75.4 cm³/mol. The van der Waals surface area contributed by atoms with Crippen LogP contribution in [0.15, 0.2) is 34.9 Å². The van der Waals surface area contributed by atoms with Gasteiger partial charge in [-0.3, -0.25) is 0 Å². The predicted octanol–water partition coefficient (Wildman–Crippen LogP) is 4.64. The van der Waals surface area contributed by atoms with Crippen molar-refractivity contribution in [3.8, 4) is 11.6 Å². The van der Waals surface area contributed by atoms with Gasteiger partial charge in [-0.1, -0.05) is 39.1 Å². The van der Waals surface area contributed by atoms with Crippen molar-refractivity contribution in [2.45, 2.75) is 0 Å². The largest absolute Gasteiger partial charge is 0.478 e. The lowest BCUT2D eigenvalue weighted by Crippen LogP contribution is -1.99. The molecule has 0 spiro atoms. The van der Waals surface area contributed by atoms with Gasteiger partial charge in [0.25, 0.3) is 0 Å². The SMILES string of the molecule is O=C(O)c1cc(Oc2cc(Br)ccc2Cl)ncc1Cl. The van der Waals surface area contributed by atoms with Gasteiger partial charge in [0.2, 0.25) is 5.88 Å². The molecule has 0 saturated carbocycles. The molecule has 4 nitrogen and oxygen atoms in total. The fraction of sp³-hybridized carbons (Fsp3) is 0. The maximum atomic E-state index is 10.9. The van der Waals surface area contributed by atoms with E-state index in [1.165, 1.54) is 12.3 Å². The standard InChI is InChI=1S/C12H6BrCl2NO3/c13-6-1-2-8(14)10(3-6)19-11-4-7(12(17)18)9(15)5-16-11/h1-5H,(H,17,18). The van der Waals surface area contributed by atoms with Crippen molar-refractivity contribution >= 4 is 45.1 Å². The molecule has 0 fully saturated rings. The quantitative estimate of drug-likeness (QED) is 0.863. The first-order chi connectivity index (χ1) is 8.97. The number of carboxylic acid groups (broad SMARTS) is 1. The topological polar surface area (TPSA) is 59.4 Å². The van der Waals surface area contributed by atoms with E-state index in [9.17, 15) is 4.79 Å². The molecule has 2 rings (SSSR count). The van der Waals surface area contributed by atoms with Gasteiger partial charge in [0.05, 0.1) is 21.8 Å². The smallest absolute Gasteiger partial charge is 0.337 e. The van der Waals surface area contributed by atoms with Gasteiger partial charge in [-0.05, 0) is 18.2 Å². The van der Waals surface area contributed by atoms with E-state index in [1.807, 2.05) is 0 Å². The monoisotopic (exact) mass is 361 g/mol. The first-order valence-electron chi connectivity index (χ1n) is 4.99. The molecule has 1 N–H and O–H groups in total. The molecule has 0 atom stereocenters. The Balaban J connectivity index is 2.36. The van der Waals surface area contributed by atoms with Crippen LogP contribution in [0.3, 0.4) is 0 Å². The Morgan fingerprint density at radius 2 is 2.00 bits per heavy atom. The number of nitrogens with zero attached hydrogens (tertiary/aromatic N) is 1. The highest BCUT2D eigenvalue weighted by Crippen LogP contribution is 2.32. The number of hydrogen-bond acceptors (Lipinski definition) is 3. The molecule has 2 aromatic rings. The van der Waals surface area contributed by atoms with Gasteiger partial charge in [-0.2, -0.15) is 0 Å². The lowest BCUT2D eigenvalue weighted by atomic mass is 10.2. The zero-order chi connectivity index (χ0) is 14.0. The van der Waals surface area contributed by atoms with Crippen LogP contribution in [0.1, 0.15) is 10.4 Å². The summed E-state index contributed by atoms with van der Waals surface area (Å²) in [5, 5.41) is 9.38. The van der Waals surface area contributed by atoms with Gasteiger partial charge < -0.3 is 9.84 Å². The van der Waals surface area contributed by atoms with Gasteiger partial charge in [-0.25, -0.2) is 9.78 Å². The highest BCUT2D eigenvalue weighted by Gasteiger charge is 2.12. The van der Waals surface area contributed by atoms with Crippen LogP contribution in [0.5, 0.6) is 11.6 Å². The van der Waals surface area contributed by atoms with Crippen LogP contribution in [-0.4, -0.2) is 16.1 Å². The van der Waals surface area contributed by atoms with E-state index in [4.69, 9.17) is 33.0 Å². The molecule has 19 heavy (non-hydrogen) atoms. The molecule has 7 heteroatoms. The summed E-state index contributed by atoms with van der Waals surface area (Å²) >= 11 is 15.0. The molecule has 0 aliphatic carbocycles. The average molecular weight is 363 g/mol. The molecular weight excluding hydrogens is 357 g/mol. The van der Waals surface area contributed by atoms with Gasteiger partial charge in [0.15, 0.2) is 0 Å². The zero-order valence-corrected chi connectivity index (χ0v) is 12.3. The van der Waals surface area contributed by atoms with Crippen LogP contribution in [0, 0.1) is 0 Å². The van der Waals surface area contributed by atoms with Crippen molar-refractivity contribution in [1.29, 1.82) is 0 Å². The summed E-state index contributed by atoms with van der Waals surface area (Å²) in [6, 6.07) is 6.29. The van der Waals surface area contributed by atoms with Crippen molar-refractivity contribution in [3.63, 3.8) is 0 Å². The van der Waals surface area contributed by atoms with Gasteiger partial charge >= 0.3 is 5.97 Å². The third kappa shape index (κ3) is 3.37. The Morgan fingerprint density at radius 3 is 2.68 bits per heavy atom. The fourth-order valence-corrected chi connectivity index (χ4v) is 1.99. The second-order valence-electron chi connectivity index (χ2n) is 3.48. The molecular formula is C12H6BrCl2NO3. The van der Waals surface area contributed by atoms with Crippen molar-refractivity contribution in [2.24, 2.45) is 0 Å². The molecule has 98 valence electrons. The molecule has 0 aliphatic heterocycles. The summed E-state index contributed by atoms with van der Waals surface area (Å²) < 4.78 is 6.22. The van der Waals surface area contributed by atoms with Crippen molar-refractivity contribution in [3.05, 3.63) is 50.5 Å². The summed E-state index contributed by atoms with van der Waals surface area (Å²) in [4.78, 5) is 14.8. The number of hydrogen-bond donors (Lipinski definition) is 1. The van der Waals surface area contributed by atoms with Crippen LogP contribution in [0.25, 0.3) is 0 Å². The van der Waals surface area contributed by atoms with E-state index < -0.39 is 5.97 Å². The van der Waals surface area contributed by atoms with Crippen molar-refractivity contribution in [1.82, 2.24) is 4.98 Å². The Hall–Kier alpha value is -1.30. The summed E-state index contributed by atoms with van der Waals surface area (Å²) in [6.07, 6.45) is 1.21. The number of rotatable bonds is 3. The Labute approximate surface area is 127 Å². The van der Waals surface area contributed by atoms with Crippen LogP contribution >= 0.6 is 39.1 Å². The number of carboxylic acids is 1. The van der Waals surface area contributed by atoms with Crippen LogP contribution in [0.4, 0.5) is 0 Å². The third-order valence-corrected chi connectivity index (χ3v) is 3.28. The lowest BCUT2D eigenvalue weighted by Gasteiger charge is -2.08. The minimum Gasteiger partial charge on any atom is -0.478 e. The summed E-state index contributed by atoms with van der Waals surface area (Å²) in [5.74, 6) is -0.693. The van der Waals surface area contributed by atoms with Crippen molar-refractivity contribution in [2.75, 3.05) is 0 Å². The molecule has 0 amide bonds.